The van der Waals surface area contributed by atoms with Gasteiger partial charge in [-0.2, -0.15) is 13.2 Å². The van der Waals surface area contributed by atoms with Crippen molar-refractivity contribution in [1.29, 1.82) is 0 Å². The molecule has 1 aliphatic carbocycles. The van der Waals surface area contributed by atoms with Crippen LogP contribution in [0, 0.1) is 0 Å². The van der Waals surface area contributed by atoms with E-state index in [0.717, 1.165) is 34.8 Å². The first-order valence-electron chi connectivity index (χ1n) is 12.1. The Labute approximate surface area is 218 Å². The number of ketones is 1. The van der Waals surface area contributed by atoms with Crippen LogP contribution in [-0.4, -0.2) is 27.1 Å². The highest BCUT2D eigenvalue weighted by Crippen LogP contribution is 2.47. The van der Waals surface area contributed by atoms with Crippen molar-refractivity contribution >= 4 is 17.2 Å². The van der Waals surface area contributed by atoms with Gasteiger partial charge in [-0.25, -0.2) is 0 Å². The molecule has 2 aliphatic rings. The lowest BCUT2D eigenvalue weighted by Crippen LogP contribution is -2.27. The minimum Gasteiger partial charge on any atom is -0.493 e. The molecule has 1 aliphatic heterocycles. The van der Waals surface area contributed by atoms with Crippen molar-refractivity contribution in [3.05, 3.63) is 88.6 Å². The minimum atomic E-state index is -4.44. The number of ether oxygens (including phenoxy) is 3. The van der Waals surface area contributed by atoms with E-state index in [2.05, 4.69) is 10.6 Å². The number of hydrogen-bond acceptors (Lipinski definition) is 6. The van der Waals surface area contributed by atoms with Crippen molar-refractivity contribution in [1.82, 2.24) is 0 Å². The number of para-hydroxylation sites is 2. The van der Waals surface area contributed by atoms with Crippen LogP contribution >= 0.6 is 0 Å². The summed E-state index contributed by atoms with van der Waals surface area (Å²) in [5.41, 5.74) is 3.48. The summed E-state index contributed by atoms with van der Waals surface area (Å²) >= 11 is 0. The van der Waals surface area contributed by atoms with Crippen LogP contribution in [0.3, 0.4) is 0 Å². The number of nitrogens with one attached hydrogen (secondary N) is 2. The van der Waals surface area contributed by atoms with Crippen molar-refractivity contribution < 1.29 is 32.2 Å². The Morgan fingerprint density at radius 1 is 0.816 bits per heavy atom. The third-order valence-electron chi connectivity index (χ3n) is 7.04. The maximum absolute atomic E-state index is 13.8. The zero-order valence-corrected chi connectivity index (χ0v) is 21.1. The van der Waals surface area contributed by atoms with Gasteiger partial charge in [0.25, 0.3) is 0 Å². The zero-order chi connectivity index (χ0) is 27.0. The number of anilines is 2. The first kappa shape index (κ1) is 25.5. The Morgan fingerprint density at radius 2 is 1.45 bits per heavy atom. The fraction of sp³-hybridized carbons (Fsp3) is 0.276. The number of rotatable bonds is 5. The van der Waals surface area contributed by atoms with Gasteiger partial charge in [0, 0.05) is 17.7 Å². The number of fused-ring (bicyclic) bond motifs is 1. The second kappa shape index (κ2) is 9.96. The first-order chi connectivity index (χ1) is 18.2. The van der Waals surface area contributed by atoms with Crippen LogP contribution in [0.4, 0.5) is 24.5 Å². The summed E-state index contributed by atoms with van der Waals surface area (Å²) in [6, 6.07) is 15.6. The van der Waals surface area contributed by atoms with Gasteiger partial charge in [-0.15, -0.1) is 0 Å². The molecule has 0 amide bonds. The van der Waals surface area contributed by atoms with Gasteiger partial charge in [0.1, 0.15) is 0 Å². The molecule has 9 heteroatoms. The lowest BCUT2D eigenvalue weighted by molar-refractivity contribution is -0.137. The number of alkyl halides is 3. The molecule has 0 spiro atoms. The fourth-order valence-corrected chi connectivity index (χ4v) is 5.18. The molecule has 6 nitrogen and oxygen atoms in total. The molecule has 38 heavy (non-hydrogen) atoms. The third kappa shape index (κ3) is 4.64. The molecule has 0 bridgehead atoms. The molecule has 0 aromatic heterocycles. The number of hydrogen-bond donors (Lipinski definition) is 2. The molecule has 5 rings (SSSR count). The minimum absolute atomic E-state index is 0.0947. The van der Waals surface area contributed by atoms with E-state index in [1.807, 2.05) is 36.4 Å². The second-order valence-electron chi connectivity index (χ2n) is 9.25. The van der Waals surface area contributed by atoms with Gasteiger partial charge in [-0.1, -0.05) is 24.3 Å². The summed E-state index contributed by atoms with van der Waals surface area (Å²) in [5.74, 6) is 1.19. The van der Waals surface area contributed by atoms with E-state index in [4.69, 9.17) is 14.2 Å². The average molecular weight is 525 g/mol. The van der Waals surface area contributed by atoms with Gasteiger partial charge in [-0.3, -0.25) is 4.79 Å². The van der Waals surface area contributed by atoms with Gasteiger partial charge >= 0.3 is 6.18 Å². The summed E-state index contributed by atoms with van der Waals surface area (Å²) in [6.07, 6.45) is -3.72. The number of carbonyl (C=O) groups is 1. The zero-order valence-electron chi connectivity index (χ0n) is 21.1. The highest BCUT2D eigenvalue weighted by atomic mass is 19.4. The molecule has 0 saturated carbocycles. The molecule has 198 valence electrons. The average Bonchev–Trinajstić information content (AvgIpc) is 3.08. The van der Waals surface area contributed by atoms with E-state index in [9.17, 15) is 18.0 Å². The molecule has 2 atom stereocenters. The van der Waals surface area contributed by atoms with Crippen LogP contribution in [0.2, 0.25) is 0 Å². The Bertz CT molecular complexity index is 1370. The number of allylic oxidation sites excluding steroid dienone is 1. The molecular formula is C29H27F3N2O4. The van der Waals surface area contributed by atoms with Gasteiger partial charge in [-0.05, 0) is 59.9 Å². The Balaban J connectivity index is 1.58. The molecule has 3 aromatic rings. The number of benzene rings is 3. The van der Waals surface area contributed by atoms with Crippen LogP contribution < -0.4 is 24.8 Å². The normalized spacial score (nSPS) is 18.9. The highest BCUT2D eigenvalue weighted by Gasteiger charge is 2.37. The Morgan fingerprint density at radius 3 is 2.03 bits per heavy atom. The summed E-state index contributed by atoms with van der Waals surface area (Å²) in [5, 5.41) is 6.83. The number of methoxy groups -OCH3 is 3. The van der Waals surface area contributed by atoms with Crippen LogP contribution in [0.5, 0.6) is 17.2 Å². The standard InChI is InChI=1S/C29H27F3N2O4/c1-36-24-14-18(15-25(37-2)28(24)38-3)17-12-22-26(23(35)13-17)27(34-21-7-5-4-6-20(21)33-22)16-8-10-19(11-9-16)29(30,31)32/h4-11,14-15,17,27,33-34H,12-13H2,1-3H3/t17-,27-/m0/s1. The topological polar surface area (TPSA) is 68.8 Å². The SMILES string of the molecule is COc1cc([C@@H]2CC(=O)C3=C(C2)Nc2ccccc2N[C@H]3c2ccc(C(F)(F)F)cc2)cc(OC)c1OC. The molecular weight excluding hydrogens is 497 g/mol. The molecule has 0 fully saturated rings. The Kier molecular flexibility index (Phi) is 6.69. The molecule has 0 radical (unpaired) electrons. The van der Waals surface area contributed by atoms with Crippen LogP contribution in [0.1, 0.15) is 41.5 Å². The van der Waals surface area contributed by atoms with E-state index in [1.165, 1.54) is 33.5 Å². The molecule has 0 saturated heterocycles. The van der Waals surface area contributed by atoms with Crippen molar-refractivity contribution in [2.24, 2.45) is 0 Å². The summed E-state index contributed by atoms with van der Waals surface area (Å²) < 4.78 is 56.1. The first-order valence-corrected chi connectivity index (χ1v) is 12.1. The third-order valence-corrected chi connectivity index (χ3v) is 7.04. The molecule has 3 aromatic carbocycles. The van der Waals surface area contributed by atoms with Gasteiger partial charge in [0.15, 0.2) is 17.3 Å². The van der Waals surface area contributed by atoms with Crippen LogP contribution in [0.25, 0.3) is 0 Å². The summed E-state index contributed by atoms with van der Waals surface area (Å²) in [6.45, 7) is 0. The predicted octanol–water partition coefficient (Wildman–Crippen LogP) is 6.71. The maximum atomic E-state index is 13.8. The van der Waals surface area contributed by atoms with Gasteiger partial charge in [0.05, 0.1) is 44.3 Å². The quantitative estimate of drug-likeness (QED) is 0.387. The Hall–Kier alpha value is -4.14. The summed E-state index contributed by atoms with van der Waals surface area (Å²) in [4.78, 5) is 13.8. The molecule has 1 heterocycles. The summed E-state index contributed by atoms with van der Waals surface area (Å²) in [7, 11) is 4.61. The lowest BCUT2D eigenvalue weighted by atomic mass is 9.78. The van der Waals surface area contributed by atoms with E-state index in [0.29, 0.717) is 34.8 Å². The smallest absolute Gasteiger partial charge is 0.416 e. The number of halogens is 3. The molecule has 2 N–H and O–H groups in total. The van der Waals surface area contributed by atoms with Crippen LogP contribution in [-0.2, 0) is 11.0 Å². The largest absolute Gasteiger partial charge is 0.493 e. The number of carbonyl (C=O) groups excluding carboxylic acids is 1. The number of Topliss-reactive ketones (excluding diaryl/α,β-unsaturated/α-hetero) is 1. The van der Waals surface area contributed by atoms with E-state index < -0.39 is 17.8 Å². The van der Waals surface area contributed by atoms with Crippen molar-refractivity contribution in [2.75, 3.05) is 32.0 Å². The molecule has 0 unspecified atom stereocenters. The van der Waals surface area contributed by atoms with Crippen molar-refractivity contribution in [3.8, 4) is 17.2 Å². The van der Waals surface area contributed by atoms with E-state index >= 15 is 0 Å². The van der Waals surface area contributed by atoms with E-state index in [-0.39, 0.29) is 18.1 Å². The van der Waals surface area contributed by atoms with Gasteiger partial charge in [0.2, 0.25) is 5.75 Å². The van der Waals surface area contributed by atoms with Crippen LogP contribution in [0.15, 0.2) is 71.9 Å². The van der Waals surface area contributed by atoms with Crippen molar-refractivity contribution in [3.63, 3.8) is 0 Å². The van der Waals surface area contributed by atoms with E-state index in [1.54, 1.807) is 0 Å². The van der Waals surface area contributed by atoms with Crippen molar-refractivity contribution in [2.45, 2.75) is 31.0 Å². The maximum Gasteiger partial charge on any atom is 0.416 e. The second-order valence-corrected chi connectivity index (χ2v) is 9.25. The highest BCUT2D eigenvalue weighted by molar-refractivity contribution is 6.01. The monoisotopic (exact) mass is 524 g/mol. The van der Waals surface area contributed by atoms with Gasteiger partial charge < -0.3 is 24.8 Å². The predicted molar refractivity (Wildman–Crippen MR) is 138 cm³/mol. The lowest BCUT2D eigenvalue weighted by Gasteiger charge is -2.30. The fourth-order valence-electron chi connectivity index (χ4n) is 5.18.